The highest BCUT2D eigenvalue weighted by molar-refractivity contribution is 7.16. The fourth-order valence-corrected chi connectivity index (χ4v) is 1.74. The molecule has 0 unspecified atom stereocenters. The summed E-state index contributed by atoms with van der Waals surface area (Å²) in [5, 5.41) is 11.1. The monoisotopic (exact) mass is 164 g/mol. The molecule has 0 fully saturated rings. The van der Waals surface area contributed by atoms with E-state index >= 15 is 0 Å². The molecule has 0 aliphatic heterocycles. The van der Waals surface area contributed by atoms with Gasteiger partial charge in [-0.2, -0.15) is 0 Å². The highest BCUT2D eigenvalue weighted by Gasteiger charge is 2.02. The van der Waals surface area contributed by atoms with Gasteiger partial charge in [0.25, 0.3) is 0 Å². The molecule has 0 saturated heterocycles. The number of nitrogens with zero attached hydrogens (tertiary/aromatic N) is 1. The van der Waals surface area contributed by atoms with Gasteiger partial charge in [-0.1, -0.05) is 0 Å². The lowest BCUT2D eigenvalue weighted by atomic mass is 10.2. The van der Waals surface area contributed by atoms with Crippen molar-refractivity contribution in [3.63, 3.8) is 0 Å². The molecule has 0 aliphatic carbocycles. The minimum atomic E-state index is 0.0726. The van der Waals surface area contributed by atoms with Crippen molar-refractivity contribution < 1.29 is 5.11 Å². The van der Waals surface area contributed by atoms with E-state index in [4.69, 9.17) is 0 Å². The summed E-state index contributed by atoms with van der Waals surface area (Å²) < 4.78 is 1.09. The average Bonchev–Trinajstić information content (AvgIpc) is 2.36. The van der Waals surface area contributed by atoms with Gasteiger partial charge in [0.15, 0.2) is 5.75 Å². The molecule has 2 rings (SSSR count). The van der Waals surface area contributed by atoms with E-state index < -0.39 is 0 Å². The maximum absolute atomic E-state index is 11.1. The van der Waals surface area contributed by atoms with E-state index in [0.717, 1.165) is 15.8 Å². The molecule has 0 saturated carbocycles. The molecule has 2 aromatic rings. The van der Waals surface area contributed by atoms with E-state index in [0.29, 0.717) is 0 Å². The summed E-state index contributed by atoms with van der Waals surface area (Å²) in [5.74, 6) is 0.0726. The number of aromatic nitrogens is 1. The van der Waals surface area contributed by atoms with Crippen LogP contribution in [0.1, 0.15) is 5.56 Å². The third-order valence-electron chi connectivity index (χ3n) is 1.63. The number of fused-ring (bicyclic) bond motifs is 1. The molecule has 0 bridgehead atoms. The Labute approximate surface area is 68.1 Å². The molecule has 0 N–H and O–H groups in total. The van der Waals surface area contributed by atoms with Crippen molar-refractivity contribution in [3.05, 3.63) is 23.2 Å². The minimum absolute atomic E-state index is 0.0726. The summed E-state index contributed by atoms with van der Waals surface area (Å²) >= 11 is 1.56. The van der Waals surface area contributed by atoms with Gasteiger partial charge in [-0.05, 0) is 18.6 Å². The summed E-state index contributed by atoms with van der Waals surface area (Å²) in [6.07, 6.45) is 0. The molecule has 11 heavy (non-hydrogen) atoms. The lowest BCUT2D eigenvalue weighted by Gasteiger charge is -1.92. The van der Waals surface area contributed by atoms with E-state index in [2.05, 4.69) is 4.98 Å². The van der Waals surface area contributed by atoms with Crippen molar-refractivity contribution in [2.45, 2.75) is 6.92 Å². The van der Waals surface area contributed by atoms with E-state index in [1.54, 1.807) is 22.9 Å². The predicted molar refractivity (Wildman–Crippen MR) is 44.5 cm³/mol. The van der Waals surface area contributed by atoms with Crippen molar-refractivity contribution in [2.75, 3.05) is 0 Å². The highest BCUT2D eigenvalue weighted by atomic mass is 32.1. The number of hydrogen-bond acceptors (Lipinski definition) is 2. The van der Waals surface area contributed by atoms with Crippen LogP contribution in [0, 0.1) is 6.92 Å². The van der Waals surface area contributed by atoms with Gasteiger partial charge in [-0.15, -0.1) is 11.3 Å². The second-order valence-corrected chi connectivity index (χ2v) is 3.32. The number of thiazole rings is 1. The summed E-state index contributed by atoms with van der Waals surface area (Å²) in [6.45, 7) is 1.82. The van der Waals surface area contributed by atoms with Gasteiger partial charge in [0.1, 0.15) is 0 Å². The molecule has 2 nitrogen and oxygen atoms in total. The Hall–Kier alpha value is -1.09. The maximum Gasteiger partial charge on any atom is 0.183 e. The Bertz CT molecular complexity index is 358. The first-order chi connectivity index (χ1) is 5.27. The molecule has 3 heteroatoms. The van der Waals surface area contributed by atoms with E-state index in [-0.39, 0.29) is 5.75 Å². The van der Waals surface area contributed by atoms with Crippen molar-refractivity contribution in [3.8, 4) is 5.75 Å². The summed E-state index contributed by atoms with van der Waals surface area (Å²) in [6, 6.07) is 3.47. The quantitative estimate of drug-likeness (QED) is 0.589. The Morgan fingerprint density at radius 3 is 3.09 bits per heavy atom. The molecular weight excluding hydrogens is 158 g/mol. The van der Waals surface area contributed by atoms with Gasteiger partial charge in [0, 0.05) is 6.07 Å². The number of rotatable bonds is 0. The van der Waals surface area contributed by atoms with Crippen LogP contribution in [0.4, 0.5) is 0 Å². The summed E-state index contributed by atoms with van der Waals surface area (Å²) in [7, 11) is 0. The Kier molecular flexibility index (Phi) is 1.32. The van der Waals surface area contributed by atoms with E-state index in [9.17, 15) is 5.11 Å². The average molecular weight is 164 g/mol. The number of benzene rings is 1. The topological polar surface area (TPSA) is 32.8 Å². The van der Waals surface area contributed by atoms with Gasteiger partial charge >= 0.3 is 0 Å². The van der Waals surface area contributed by atoms with Crippen LogP contribution in [0.2, 0.25) is 0 Å². The third-order valence-corrected chi connectivity index (χ3v) is 2.42. The van der Waals surface area contributed by atoms with Crippen LogP contribution in [0.3, 0.4) is 0 Å². The standard InChI is InChI=1S/C8H6NOS/c1-5-2-8-6(3-7(5)10)9-4-11-8/h2-4H,1H3. The van der Waals surface area contributed by atoms with Gasteiger partial charge in [-0.3, -0.25) is 5.11 Å². The van der Waals surface area contributed by atoms with Crippen LogP contribution in [0.15, 0.2) is 17.6 Å². The van der Waals surface area contributed by atoms with Crippen LogP contribution < -0.4 is 0 Å². The van der Waals surface area contributed by atoms with Crippen molar-refractivity contribution in [1.29, 1.82) is 0 Å². The second kappa shape index (κ2) is 2.20. The van der Waals surface area contributed by atoms with Gasteiger partial charge in [0.2, 0.25) is 0 Å². The molecule has 1 heterocycles. The van der Waals surface area contributed by atoms with Gasteiger partial charge in [0.05, 0.1) is 15.7 Å². The van der Waals surface area contributed by atoms with Crippen molar-refractivity contribution in [1.82, 2.24) is 4.98 Å². The molecule has 0 aliphatic rings. The first-order valence-corrected chi connectivity index (χ1v) is 4.16. The molecule has 1 aromatic carbocycles. The lowest BCUT2D eigenvalue weighted by molar-refractivity contribution is 0.352. The fourth-order valence-electron chi connectivity index (χ4n) is 0.986. The van der Waals surface area contributed by atoms with Crippen LogP contribution in [-0.4, -0.2) is 4.98 Å². The third kappa shape index (κ3) is 0.973. The van der Waals surface area contributed by atoms with Crippen LogP contribution in [0.5, 0.6) is 5.75 Å². The maximum atomic E-state index is 11.1. The highest BCUT2D eigenvalue weighted by Crippen LogP contribution is 2.26. The Morgan fingerprint density at radius 2 is 2.27 bits per heavy atom. The number of hydrogen-bond donors (Lipinski definition) is 0. The summed E-state index contributed by atoms with van der Waals surface area (Å²) in [4.78, 5) is 4.04. The van der Waals surface area contributed by atoms with E-state index in [1.165, 1.54) is 0 Å². The SMILES string of the molecule is Cc1cc2scnc2cc1[O]. The largest absolute Gasteiger partial charge is 0.290 e. The molecule has 0 spiro atoms. The summed E-state index contributed by atoms with van der Waals surface area (Å²) in [5.41, 5.74) is 3.36. The van der Waals surface area contributed by atoms with Crippen molar-refractivity contribution in [2.24, 2.45) is 0 Å². The molecule has 1 radical (unpaired) electrons. The number of aryl methyl sites for hydroxylation is 1. The molecule has 0 atom stereocenters. The molecule has 0 amide bonds. The second-order valence-electron chi connectivity index (χ2n) is 2.44. The predicted octanol–water partition coefficient (Wildman–Crippen LogP) is 2.75. The zero-order valence-corrected chi connectivity index (χ0v) is 6.81. The molecule has 55 valence electrons. The first-order valence-electron chi connectivity index (χ1n) is 3.28. The minimum Gasteiger partial charge on any atom is -0.290 e. The van der Waals surface area contributed by atoms with Crippen molar-refractivity contribution >= 4 is 21.6 Å². The first kappa shape index (κ1) is 6.61. The fraction of sp³-hybridized carbons (Fsp3) is 0.125. The van der Waals surface area contributed by atoms with Gasteiger partial charge < -0.3 is 0 Å². The van der Waals surface area contributed by atoms with Crippen LogP contribution >= 0.6 is 11.3 Å². The van der Waals surface area contributed by atoms with Gasteiger partial charge in [-0.25, -0.2) is 4.98 Å². The zero-order valence-electron chi connectivity index (χ0n) is 6.00. The zero-order chi connectivity index (χ0) is 7.84. The van der Waals surface area contributed by atoms with Crippen LogP contribution in [-0.2, 0) is 5.11 Å². The molecular formula is C8H6NOS. The Morgan fingerprint density at radius 1 is 1.45 bits per heavy atom. The lowest BCUT2D eigenvalue weighted by Crippen LogP contribution is -1.72. The van der Waals surface area contributed by atoms with E-state index in [1.807, 2.05) is 13.0 Å². The van der Waals surface area contributed by atoms with Crippen LogP contribution in [0.25, 0.3) is 10.2 Å². The molecule has 1 aromatic heterocycles. The normalized spacial score (nSPS) is 10.6. The smallest absolute Gasteiger partial charge is 0.183 e. The Balaban J connectivity index is 2.86.